The Kier molecular flexibility index (Phi) is 2.76. The van der Waals surface area contributed by atoms with Crippen LogP contribution in [0.15, 0.2) is 0 Å². The molecule has 1 saturated heterocycles. The third-order valence-corrected chi connectivity index (χ3v) is 2.32. The Morgan fingerprint density at radius 1 is 1.50 bits per heavy atom. The van der Waals surface area contributed by atoms with Gasteiger partial charge in [-0.2, -0.15) is 13.2 Å². The summed E-state index contributed by atoms with van der Waals surface area (Å²) in [6, 6.07) is 0. The van der Waals surface area contributed by atoms with Crippen molar-refractivity contribution in [1.82, 2.24) is 10.2 Å². The van der Waals surface area contributed by atoms with E-state index in [0.29, 0.717) is 0 Å². The Bertz CT molecular complexity index is 233. The average Bonchev–Trinajstić information content (AvgIpc) is 1.97. The maximum Gasteiger partial charge on any atom is 0.401 e. The molecule has 0 aromatic heterocycles. The molecule has 0 atom stereocenters. The van der Waals surface area contributed by atoms with E-state index in [4.69, 9.17) is 0 Å². The molecule has 1 heterocycles. The summed E-state index contributed by atoms with van der Waals surface area (Å²) in [7, 11) is 1.49. The lowest BCUT2D eigenvalue weighted by molar-refractivity contribution is -0.173. The van der Waals surface area contributed by atoms with Crippen molar-refractivity contribution in [3.05, 3.63) is 0 Å². The molecule has 0 aromatic rings. The fraction of sp³-hybridized carbons (Fsp3) is 0.875. The topological polar surface area (TPSA) is 32.3 Å². The number of hydrogen-bond donors (Lipinski definition) is 1. The van der Waals surface area contributed by atoms with Gasteiger partial charge in [0.25, 0.3) is 0 Å². The number of hydrogen-bond acceptors (Lipinski definition) is 2. The first-order chi connectivity index (χ1) is 6.27. The molecule has 0 aromatic carbocycles. The highest BCUT2D eigenvalue weighted by Crippen LogP contribution is 2.32. The molecule has 1 fully saturated rings. The van der Waals surface area contributed by atoms with Gasteiger partial charge < -0.3 is 5.32 Å². The van der Waals surface area contributed by atoms with E-state index < -0.39 is 18.1 Å². The molecule has 6 heteroatoms. The van der Waals surface area contributed by atoms with Crippen LogP contribution in [0.5, 0.6) is 0 Å². The van der Waals surface area contributed by atoms with Crippen LogP contribution in [0.1, 0.15) is 6.92 Å². The molecular formula is C8H13F3N2O. The minimum Gasteiger partial charge on any atom is -0.359 e. The van der Waals surface area contributed by atoms with E-state index in [0.717, 1.165) is 0 Å². The fourth-order valence-electron chi connectivity index (χ4n) is 1.75. The Labute approximate surface area is 80.3 Å². The Morgan fingerprint density at radius 2 is 2.00 bits per heavy atom. The van der Waals surface area contributed by atoms with E-state index >= 15 is 0 Å². The molecule has 1 aliphatic heterocycles. The van der Waals surface area contributed by atoms with Crippen LogP contribution >= 0.6 is 0 Å². The highest BCUT2D eigenvalue weighted by atomic mass is 19.4. The number of halogens is 3. The van der Waals surface area contributed by atoms with Gasteiger partial charge in [0.15, 0.2) is 0 Å². The van der Waals surface area contributed by atoms with Crippen LogP contribution in [0, 0.1) is 5.41 Å². The molecule has 3 nitrogen and oxygen atoms in total. The number of nitrogens with one attached hydrogen (secondary N) is 1. The average molecular weight is 210 g/mol. The van der Waals surface area contributed by atoms with Crippen LogP contribution in [0.2, 0.25) is 0 Å². The van der Waals surface area contributed by atoms with Crippen molar-refractivity contribution in [1.29, 1.82) is 0 Å². The lowest BCUT2D eigenvalue weighted by atomic mass is 9.81. The predicted molar refractivity (Wildman–Crippen MR) is 44.7 cm³/mol. The molecule has 1 amide bonds. The van der Waals surface area contributed by atoms with E-state index in [-0.39, 0.29) is 19.0 Å². The summed E-state index contributed by atoms with van der Waals surface area (Å²) in [6.07, 6.45) is -4.18. The van der Waals surface area contributed by atoms with Gasteiger partial charge in [-0.15, -0.1) is 0 Å². The van der Waals surface area contributed by atoms with Crippen LogP contribution in [0.3, 0.4) is 0 Å². The quantitative estimate of drug-likeness (QED) is 0.724. The largest absolute Gasteiger partial charge is 0.401 e. The van der Waals surface area contributed by atoms with Crippen LogP contribution in [0.4, 0.5) is 13.2 Å². The molecule has 0 saturated carbocycles. The highest BCUT2D eigenvalue weighted by molar-refractivity contribution is 5.83. The fourth-order valence-corrected chi connectivity index (χ4v) is 1.75. The molecule has 0 radical (unpaired) electrons. The molecule has 0 aliphatic carbocycles. The summed E-state index contributed by atoms with van der Waals surface area (Å²) in [6.45, 7) is 1.08. The Hall–Kier alpha value is -0.780. The highest BCUT2D eigenvalue weighted by Gasteiger charge is 2.47. The van der Waals surface area contributed by atoms with Crippen molar-refractivity contribution in [3.63, 3.8) is 0 Å². The molecule has 1 rings (SSSR count). The van der Waals surface area contributed by atoms with Crippen molar-refractivity contribution < 1.29 is 18.0 Å². The summed E-state index contributed by atoms with van der Waals surface area (Å²) in [5.74, 6) is -0.198. The van der Waals surface area contributed by atoms with Gasteiger partial charge in [-0.05, 0) is 6.92 Å². The SMILES string of the molecule is CNC(=O)C1(C)CN(CC(F)(F)F)C1. The second-order valence-electron chi connectivity index (χ2n) is 3.90. The van der Waals surface area contributed by atoms with Crippen LogP contribution in [-0.2, 0) is 4.79 Å². The summed E-state index contributed by atoms with van der Waals surface area (Å²) < 4.78 is 35.8. The molecule has 1 aliphatic rings. The van der Waals surface area contributed by atoms with Gasteiger partial charge in [0, 0.05) is 20.1 Å². The second-order valence-corrected chi connectivity index (χ2v) is 3.90. The number of carbonyl (C=O) groups is 1. The number of amides is 1. The summed E-state index contributed by atoms with van der Waals surface area (Å²) in [5.41, 5.74) is -0.653. The molecule has 1 N–H and O–H groups in total. The smallest absolute Gasteiger partial charge is 0.359 e. The predicted octanol–water partition coefficient (Wildman–Crippen LogP) is 0.617. The maximum absolute atomic E-state index is 11.9. The van der Waals surface area contributed by atoms with Crippen molar-refractivity contribution >= 4 is 5.91 Å². The molecule has 14 heavy (non-hydrogen) atoms. The molecule has 82 valence electrons. The number of alkyl halides is 3. The van der Waals surface area contributed by atoms with Crippen molar-refractivity contribution in [2.24, 2.45) is 5.41 Å². The minimum absolute atomic E-state index is 0.173. The van der Waals surface area contributed by atoms with Gasteiger partial charge in [-0.3, -0.25) is 9.69 Å². The van der Waals surface area contributed by atoms with Gasteiger partial charge in [0.1, 0.15) is 0 Å². The summed E-state index contributed by atoms with van der Waals surface area (Å²) in [4.78, 5) is 12.4. The third-order valence-electron chi connectivity index (χ3n) is 2.32. The van der Waals surface area contributed by atoms with E-state index in [2.05, 4.69) is 5.32 Å². The zero-order valence-corrected chi connectivity index (χ0v) is 8.11. The van der Waals surface area contributed by atoms with E-state index in [1.165, 1.54) is 11.9 Å². The van der Waals surface area contributed by atoms with E-state index in [9.17, 15) is 18.0 Å². The lowest BCUT2D eigenvalue weighted by Gasteiger charge is -2.46. The van der Waals surface area contributed by atoms with Gasteiger partial charge in [-0.25, -0.2) is 0 Å². The maximum atomic E-state index is 11.9. The van der Waals surface area contributed by atoms with Gasteiger partial charge in [-0.1, -0.05) is 0 Å². The summed E-state index contributed by atoms with van der Waals surface area (Å²) >= 11 is 0. The summed E-state index contributed by atoms with van der Waals surface area (Å²) in [5, 5.41) is 2.44. The van der Waals surface area contributed by atoms with Crippen LogP contribution in [-0.4, -0.2) is 43.7 Å². The Balaban J connectivity index is 2.39. The van der Waals surface area contributed by atoms with Crippen LogP contribution < -0.4 is 5.32 Å². The van der Waals surface area contributed by atoms with Gasteiger partial charge in [0.05, 0.1) is 12.0 Å². The number of carbonyl (C=O) groups excluding carboxylic acids is 1. The molecule has 0 bridgehead atoms. The number of nitrogens with zero attached hydrogens (tertiary/aromatic N) is 1. The molecule has 0 spiro atoms. The van der Waals surface area contributed by atoms with Crippen LogP contribution in [0.25, 0.3) is 0 Å². The van der Waals surface area contributed by atoms with Gasteiger partial charge >= 0.3 is 6.18 Å². The number of rotatable bonds is 2. The first-order valence-corrected chi connectivity index (χ1v) is 4.28. The second kappa shape index (κ2) is 3.42. The van der Waals surface area contributed by atoms with Crippen molar-refractivity contribution in [2.75, 3.05) is 26.7 Å². The van der Waals surface area contributed by atoms with E-state index in [1.54, 1.807) is 6.92 Å². The lowest BCUT2D eigenvalue weighted by Crippen LogP contribution is -2.62. The minimum atomic E-state index is -4.18. The monoisotopic (exact) mass is 210 g/mol. The molecular weight excluding hydrogens is 197 g/mol. The van der Waals surface area contributed by atoms with Crippen molar-refractivity contribution in [3.8, 4) is 0 Å². The normalized spacial score (nSPS) is 21.5. The van der Waals surface area contributed by atoms with Gasteiger partial charge in [0.2, 0.25) is 5.91 Å². The zero-order valence-electron chi connectivity index (χ0n) is 8.11. The van der Waals surface area contributed by atoms with E-state index in [1.807, 2.05) is 0 Å². The first-order valence-electron chi connectivity index (χ1n) is 4.28. The third kappa shape index (κ3) is 2.37. The Morgan fingerprint density at radius 3 is 2.36 bits per heavy atom. The number of likely N-dealkylation sites (tertiary alicyclic amines) is 1. The standard InChI is InChI=1S/C8H13F3N2O/c1-7(6(14)12-2)3-13(4-7)5-8(9,10)11/h3-5H2,1-2H3,(H,12,14). The molecule has 0 unspecified atom stereocenters. The zero-order chi connectivity index (χ0) is 11.0. The van der Waals surface area contributed by atoms with Crippen molar-refractivity contribution in [2.45, 2.75) is 13.1 Å². The first kappa shape index (κ1) is 11.3.